The van der Waals surface area contributed by atoms with E-state index in [1.807, 2.05) is 0 Å². The number of likely N-dealkylation sites (N-methyl/N-ethyl adjacent to an activating group) is 1. The van der Waals surface area contributed by atoms with Crippen LogP contribution in [0.1, 0.15) is 39.0 Å². The van der Waals surface area contributed by atoms with Gasteiger partial charge in [-0.05, 0) is 51.7 Å². The maximum absolute atomic E-state index is 3.78. The van der Waals surface area contributed by atoms with Crippen LogP contribution in [0.2, 0.25) is 0 Å². The lowest BCUT2D eigenvalue weighted by Gasteiger charge is -2.30. The summed E-state index contributed by atoms with van der Waals surface area (Å²) in [4.78, 5) is 4.98. The SMILES string of the molecule is CC1CCCCC1NCCN(C)CC1CCN(C)C1. The predicted octanol–water partition coefficient (Wildman–Crippen LogP) is 2.04. The monoisotopic (exact) mass is 267 g/mol. The Morgan fingerprint density at radius 1 is 1.21 bits per heavy atom. The van der Waals surface area contributed by atoms with E-state index in [-0.39, 0.29) is 0 Å². The summed E-state index contributed by atoms with van der Waals surface area (Å²) in [6.07, 6.45) is 7.05. The van der Waals surface area contributed by atoms with Gasteiger partial charge in [0.2, 0.25) is 0 Å². The zero-order valence-electron chi connectivity index (χ0n) is 13.2. The fourth-order valence-electron chi connectivity index (χ4n) is 3.77. The van der Waals surface area contributed by atoms with Crippen LogP contribution in [-0.2, 0) is 0 Å². The van der Waals surface area contributed by atoms with Crippen molar-refractivity contribution in [1.82, 2.24) is 15.1 Å². The topological polar surface area (TPSA) is 18.5 Å². The molecule has 1 aliphatic heterocycles. The van der Waals surface area contributed by atoms with Gasteiger partial charge in [-0.2, -0.15) is 0 Å². The largest absolute Gasteiger partial charge is 0.312 e. The number of rotatable bonds is 6. The third kappa shape index (κ3) is 5.05. The number of nitrogens with one attached hydrogen (secondary N) is 1. The van der Waals surface area contributed by atoms with Crippen molar-refractivity contribution in [2.24, 2.45) is 11.8 Å². The second-order valence-corrected chi connectivity index (χ2v) is 7.00. The Labute approximate surface area is 119 Å². The lowest BCUT2D eigenvalue weighted by atomic mass is 9.86. The molecule has 0 aromatic rings. The smallest absolute Gasteiger partial charge is 0.0104 e. The Morgan fingerprint density at radius 3 is 2.68 bits per heavy atom. The zero-order valence-corrected chi connectivity index (χ0v) is 13.2. The normalized spacial score (nSPS) is 33.2. The number of likely N-dealkylation sites (tertiary alicyclic amines) is 1. The van der Waals surface area contributed by atoms with Gasteiger partial charge in [0.15, 0.2) is 0 Å². The highest BCUT2D eigenvalue weighted by molar-refractivity contribution is 4.79. The van der Waals surface area contributed by atoms with E-state index < -0.39 is 0 Å². The van der Waals surface area contributed by atoms with E-state index in [0.29, 0.717) is 0 Å². The van der Waals surface area contributed by atoms with E-state index in [1.165, 1.54) is 58.3 Å². The summed E-state index contributed by atoms with van der Waals surface area (Å²) in [5, 5.41) is 3.78. The van der Waals surface area contributed by atoms with E-state index >= 15 is 0 Å². The maximum Gasteiger partial charge on any atom is 0.0104 e. The first-order valence-electron chi connectivity index (χ1n) is 8.25. The van der Waals surface area contributed by atoms with Gasteiger partial charge in [-0.15, -0.1) is 0 Å². The molecule has 2 aliphatic rings. The van der Waals surface area contributed by atoms with Crippen LogP contribution in [0.5, 0.6) is 0 Å². The highest BCUT2D eigenvalue weighted by atomic mass is 15.2. The van der Waals surface area contributed by atoms with Crippen LogP contribution in [0.4, 0.5) is 0 Å². The van der Waals surface area contributed by atoms with Crippen LogP contribution in [0.25, 0.3) is 0 Å². The Kier molecular flexibility index (Phi) is 6.11. The molecule has 1 heterocycles. The minimum absolute atomic E-state index is 0.778. The lowest BCUT2D eigenvalue weighted by Crippen LogP contribution is -2.41. The molecule has 0 amide bonds. The number of hydrogen-bond donors (Lipinski definition) is 1. The summed E-state index contributed by atoms with van der Waals surface area (Å²) in [6.45, 7) is 8.62. The van der Waals surface area contributed by atoms with Crippen LogP contribution in [-0.4, -0.2) is 62.7 Å². The van der Waals surface area contributed by atoms with E-state index in [0.717, 1.165) is 24.4 Å². The van der Waals surface area contributed by atoms with Gasteiger partial charge >= 0.3 is 0 Å². The highest BCUT2D eigenvalue weighted by Crippen LogP contribution is 2.23. The molecule has 2 rings (SSSR count). The van der Waals surface area contributed by atoms with E-state index in [1.54, 1.807) is 0 Å². The molecule has 0 radical (unpaired) electrons. The van der Waals surface area contributed by atoms with Gasteiger partial charge in [0.1, 0.15) is 0 Å². The minimum Gasteiger partial charge on any atom is -0.312 e. The van der Waals surface area contributed by atoms with Crippen molar-refractivity contribution in [3.8, 4) is 0 Å². The third-order valence-corrected chi connectivity index (χ3v) is 5.07. The molecule has 3 atom stereocenters. The first-order valence-corrected chi connectivity index (χ1v) is 8.25. The summed E-state index contributed by atoms with van der Waals surface area (Å²) < 4.78 is 0. The maximum atomic E-state index is 3.78. The fraction of sp³-hybridized carbons (Fsp3) is 1.00. The predicted molar refractivity (Wildman–Crippen MR) is 82.5 cm³/mol. The molecule has 1 N–H and O–H groups in total. The average Bonchev–Trinajstić information content (AvgIpc) is 2.77. The van der Waals surface area contributed by atoms with Crippen molar-refractivity contribution in [1.29, 1.82) is 0 Å². The second kappa shape index (κ2) is 7.61. The van der Waals surface area contributed by atoms with Gasteiger partial charge in [-0.3, -0.25) is 0 Å². The Balaban J connectivity index is 1.57. The van der Waals surface area contributed by atoms with Gasteiger partial charge in [-0.25, -0.2) is 0 Å². The number of hydrogen-bond acceptors (Lipinski definition) is 3. The second-order valence-electron chi connectivity index (χ2n) is 7.00. The van der Waals surface area contributed by atoms with Crippen molar-refractivity contribution in [3.05, 3.63) is 0 Å². The molecule has 1 saturated heterocycles. The van der Waals surface area contributed by atoms with Crippen molar-refractivity contribution >= 4 is 0 Å². The van der Waals surface area contributed by atoms with Crippen molar-refractivity contribution < 1.29 is 0 Å². The summed E-state index contributed by atoms with van der Waals surface area (Å²) in [7, 11) is 4.52. The van der Waals surface area contributed by atoms with Crippen LogP contribution in [0.15, 0.2) is 0 Å². The molecule has 3 nitrogen and oxygen atoms in total. The Hall–Kier alpha value is -0.120. The van der Waals surface area contributed by atoms with Crippen LogP contribution >= 0.6 is 0 Å². The van der Waals surface area contributed by atoms with Crippen molar-refractivity contribution in [2.45, 2.75) is 45.1 Å². The molecular weight excluding hydrogens is 234 g/mol. The molecule has 0 bridgehead atoms. The minimum atomic E-state index is 0.778. The fourth-order valence-corrected chi connectivity index (χ4v) is 3.77. The molecule has 3 unspecified atom stereocenters. The molecule has 112 valence electrons. The van der Waals surface area contributed by atoms with Gasteiger partial charge in [0.25, 0.3) is 0 Å². The summed E-state index contributed by atoms with van der Waals surface area (Å²) in [5.41, 5.74) is 0. The average molecular weight is 267 g/mol. The molecular formula is C16H33N3. The van der Waals surface area contributed by atoms with Crippen molar-refractivity contribution in [3.63, 3.8) is 0 Å². The first-order chi connectivity index (χ1) is 9.15. The standard InChI is InChI=1S/C16H33N3/c1-14-6-4-5-7-16(14)17-9-11-19(3)13-15-8-10-18(2)12-15/h14-17H,4-13H2,1-3H3. The molecule has 3 heteroatoms. The van der Waals surface area contributed by atoms with Crippen LogP contribution < -0.4 is 5.32 Å². The molecule has 2 fully saturated rings. The van der Waals surface area contributed by atoms with E-state index in [2.05, 4.69) is 36.1 Å². The Bertz CT molecular complexity index is 256. The van der Waals surface area contributed by atoms with Crippen LogP contribution in [0.3, 0.4) is 0 Å². The third-order valence-electron chi connectivity index (χ3n) is 5.07. The number of nitrogens with zero attached hydrogens (tertiary/aromatic N) is 2. The van der Waals surface area contributed by atoms with Gasteiger partial charge in [0.05, 0.1) is 0 Å². The lowest BCUT2D eigenvalue weighted by molar-refractivity contribution is 0.243. The van der Waals surface area contributed by atoms with Gasteiger partial charge in [-0.1, -0.05) is 19.8 Å². The molecule has 19 heavy (non-hydrogen) atoms. The summed E-state index contributed by atoms with van der Waals surface area (Å²) >= 11 is 0. The highest BCUT2D eigenvalue weighted by Gasteiger charge is 2.22. The molecule has 0 spiro atoms. The van der Waals surface area contributed by atoms with Crippen molar-refractivity contribution in [2.75, 3.05) is 46.8 Å². The first kappa shape index (κ1) is 15.3. The molecule has 1 aliphatic carbocycles. The Morgan fingerprint density at radius 2 is 2.00 bits per heavy atom. The molecule has 1 saturated carbocycles. The quantitative estimate of drug-likeness (QED) is 0.794. The summed E-state index contributed by atoms with van der Waals surface area (Å²) in [6, 6.07) is 0.778. The van der Waals surface area contributed by atoms with Gasteiger partial charge < -0.3 is 15.1 Å². The van der Waals surface area contributed by atoms with Crippen LogP contribution in [0, 0.1) is 11.8 Å². The molecule has 0 aromatic carbocycles. The molecule has 0 aromatic heterocycles. The summed E-state index contributed by atoms with van der Waals surface area (Å²) in [5.74, 6) is 1.77. The zero-order chi connectivity index (χ0) is 13.7. The van der Waals surface area contributed by atoms with E-state index in [4.69, 9.17) is 0 Å². The van der Waals surface area contributed by atoms with E-state index in [9.17, 15) is 0 Å². The van der Waals surface area contributed by atoms with Gasteiger partial charge in [0, 0.05) is 32.2 Å².